The second-order valence-electron chi connectivity index (χ2n) is 5.45. The summed E-state index contributed by atoms with van der Waals surface area (Å²) in [5.41, 5.74) is 2.27. The molecular formula is C20H17ClN2O3. The Hall–Kier alpha value is -3.05. The number of halogens is 1. The van der Waals surface area contributed by atoms with E-state index in [2.05, 4.69) is 11.6 Å². The summed E-state index contributed by atoms with van der Waals surface area (Å²) < 4.78 is 12.4. The third-order valence-corrected chi connectivity index (χ3v) is 3.71. The molecule has 5 nitrogen and oxygen atoms in total. The highest BCUT2D eigenvalue weighted by atomic mass is 35.5. The minimum absolute atomic E-state index is 0.0941. The Kier molecular flexibility index (Phi) is 5.71. The number of esters is 1. The molecule has 26 heavy (non-hydrogen) atoms. The van der Waals surface area contributed by atoms with Gasteiger partial charge in [-0.2, -0.15) is 0 Å². The van der Waals surface area contributed by atoms with E-state index in [0.29, 0.717) is 17.3 Å². The van der Waals surface area contributed by atoms with E-state index in [0.717, 1.165) is 17.0 Å². The molecule has 3 aromatic rings. The highest BCUT2D eigenvalue weighted by Crippen LogP contribution is 2.14. The normalized spacial score (nSPS) is 11.0. The average molecular weight is 369 g/mol. The first-order chi connectivity index (χ1) is 12.6. The lowest BCUT2D eigenvalue weighted by Gasteiger charge is -2.02. The lowest BCUT2D eigenvalue weighted by molar-refractivity contribution is -0.139. The van der Waals surface area contributed by atoms with Gasteiger partial charge < -0.3 is 13.9 Å². The minimum atomic E-state index is -0.438. The van der Waals surface area contributed by atoms with Crippen molar-refractivity contribution in [3.63, 3.8) is 0 Å². The van der Waals surface area contributed by atoms with Crippen LogP contribution in [0.15, 0.2) is 67.5 Å². The molecule has 0 aliphatic carbocycles. The average Bonchev–Trinajstić information content (AvgIpc) is 3.06. The maximum Gasteiger partial charge on any atom is 0.331 e. The summed E-state index contributed by atoms with van der Waals surface area (Å²) >= 11 is 5.93. The second kappa shape index (κ2) is 8.36. The fraction of sp³-hybridized carbons (Fsp3) is 0.100. The van der Waals surface area contributed by atoms with Crippen LogP contribution in [0.2, 0.25) is 5.02 Å². The fourth-order valence-corrected chi connectivity index (χ4v) is 2.44. The van der Waals surface area contributed by atoms with Crippen LogP contribution in [0.3, 0.4) is 0 Å². The highest BCUT2D eigenvalue weighted by molar-refractivity contribution is 6.30. The fourth-order valence-electron chi connectivity index (χ4n) is 2.27. The number of hydrogen-bond acceptors (Lipinski definition) is 4. The number of hydrogen-bond donors (Lipinski definition) is 0. The van der Waals surface area contributed by atoms with Crippen molar-refractivity contribution in [1.82, 2.24) is 9.38 Å². The van der Waals surface area contributed by atoms with Crippen LogP contribution in [0, 0.1) is 0 Å². The van der Waals surface area contributed by atoms with Gasteiger partial charge in [0.15, 0.2) is 0 Å². The van der Waals surface area contributed by atoms with E-state index in [-0.39, 0.29) is 6.61 Å². The molecule has 0 aliphatic heterocycles. The van der Waals surface area contributed by atoms with Crippen molar-refractivity contribution in [3.05, 3.63) is 83.8 Å². The molecule has 0 N–H and O–H groups in total. The second-order valence-corrected chi connectivity index (χ2v) is 5.89. The Labute approximate surface area is 156 Å². The number of nitrogens with zero attached hydrogens (tertiary/aromatic N) is 2. The number of carbonyl (C=O) groups is 1. The van der Waals surface area contributed by atoms with Crippen molar-refractivity contribution < 1.29 is 14.3 Å². The van der Waals surface area contributed by atoms with E-state index in [9.17, 15) is 4.79 Å². The van der Waals surface area contributed by atoms with E-state index in [1.54, 1.807) is 41.1 Å². The first kappa shape index (κ1) is 17.8. The summed E-state index contributed by atoms with van der Waals surface area (Å²) in [4.78, 5) is 16.2. The van der Waals surface area contributed by atoms with Crippen LogP contribution >= 0.6 is 11.6 Å². The maximum absolute atomic E-state index is 11.9. The molecule has 0 unspecified atom stereocenters. The van der Waals surface area contributed by atoms with Gasteiger partial charge in [0, 0.05) is 18.5 Å². The monoisotopic (exact) mass is 368 g/mol. The predicted octanol–water partition coefficient (Wildman–Crippen LogP) is 4.31. The molecule has 3 rings (SSSR count). The molecule has 2 heterocycles. The Morgan fingerprint density at radius 2 is 2.00 bits per heavy atom. The number of ether oxygens (including phenoxy) is 2. The molecule has 6 heteroatoms. The molecule has 0 spiro atoms. The number of aromatic nitrogens is 2. The van der Waals surface area contributed by atoms with Crippen LogP contribution in [0.25, 0.3) is 11.7 Å². The topological polar surface area (TPSA) is 52.8 Å². The largest absolute Gasteiger partial charge is 0.490 e. The summed E-state index contributed by atoms with van der Waals surface area (Å²) in [7, 11) is 0. The Morgan fingerprint density at radius 3 is 2.77 bits per heavy atom. The first-order valence-corrected chi connectivity index (χ1v) is 8.33. The minimum Gasteiger partial charge on any atom is -0.490 e. The molecule has 0 bridgehead atoms. The summed E-state index contributed by atoms with van der Waals surface area (Å²) in [6.07, 6.45) is 8.27. The van der Waals surface area contributed by atoms with Gasteiger partial charge in [0.2, 0.25) is 0 Å². The Morgan fingerprint density at radius 1 is 1.19 bits per heavy atom. The lowest BCUT2D eigenvalue weighted by Crippen LogP contribution is -2.00. The molecule has 0 amide bonds. The summed E-state index contributed by atoms with van der Waals surface area (Å²) in [6.45, 7) is 4.15. The van der Waals surface area contributed by atoms with Crippen molar-refractivity contribution in [3.8, 4) is 5.75 Å². The van der Waals surface area contributed by atoms with Gasteiger partial charge in [-0.05, 0) is 35.9 Å². The molecular weight excluding hydrogens is 352 g/mol. The van der Waals surface area contributed by atoms with Gasteiger partial charge in [0.25, 0.3) is 0 Å². The van der Waals surface area contributed by atoms with Crippen molar-refractivity contribution in [2.75, 3.05) is 6.61 Å². The molecule has 0 aliphatic rings. The van der Waals surface area contributed by atoms with Crippen LogP contribution in [0.5, 0.6) is 5.75 Å². The van der Waals surface area contributed by atoms with Crippen LogP contribution in [0.1, 0.15) is 11.3 Å². The number of benzene rings is 1. The van der Waals surface area contributed by atoms with E-state index >= 15 is 0 Å². The Bertz CT molecular complexity index is 945. The van der Waals surface area contributed by atoms with Gasteiger partial charge in [0.05, 0.1) is 10.7 Å². The standard InChI is InChI=1S/C20H17ClN2O3/c1-2-11-25-18-7-3-15(4-8-18)5-10-20(24)26-14-17-13-23-12-16(21)6-9-19(23)22-17/h2-10,12-13H,1,11,14H2/b10-5+. The van der Waals surface area contributed by atoms with Gasteiger partial charge in [-0.1, -0.05) is 36.4 Å². The maximum atomic E-state index is 11.9. The number of carbonyl (C=O) groups excluding carboxylic acids is 1. The van der Waals surface area contributed by atoms with Gasteiger partial charge in [-0.3, -0.25) is 0 Å². The molecule has 0 atom stereocenters. The molecule has 0 saturated heterocycles. The molecule has 0 radical (unpaired) electrons. The van der Waals surface area contributed by atoms with Crippen molar-refractivity contribution >= 4 is 29.3 Å². The van der Waals surface area contributed by atoms with Gasteiger partial charge in [-0.25, -0.2) is 9.78 Å². The quantitative estimate of drug-likeness (QED) is 0.354. The Balaban J connectivity index is 1.54. The molecule has 0 saturated carbocycles. The molecule has 1 aromatic carbocycles. The van der Waals surface area contributed by atoms with Crippen molar-refractivity contribution in [2.45, 2.75) is 6.61 Å². The van der Waals surface area contributed by atoms with Gasteiger partial charge >= 0.3 is 5.97 Å². The van der Waals surface area contributed by atoms with E-state index < -0.39 is 5.97 Å². The molecule has 132 valence electrons. The van der Waals surface area contributed by atoms with Crippen LogP contribution in [0.4, 0.5) is 0 Å². The molecule has 2 aromatic heterocycles. The third kappa shape index (κ3) is 4.74. The smallest absolute Gasteiger partial charge is 0.331 e. The van der Waals surface area contributed by atoms with Crippen LogP contribution < -0.4 is 4.74 Å². The summed E-state index contributed by atoms with van der Waals surface area (Å²) in [6, 6.07) is 10.9. The third-order valence-electron chi connectivity index (χ3n) is 3.49. The van der Waals surface area contributed by atoms with Gasteiger partial charge in [0.1, 0.15) is 24.6 Å². The first-order valence-electron chi connectivity index (χ1n) is 7.96. The van der Waals surface area contributed by atoms with E-state index in [1.807, 2.05) is 24.3 Å². The summed E-state index contributed by atoms with van der Waals surface area (Å²) in [5, 5.41) is 0.613. The lowest BCUT2D eigenvalue weighted by atomic mass is 10.2. The van der Waals surface area contributed by atoms with Gasteiger partial charge in [-0.15, -0.1) is 0 Å². The number of imidazole rings is 1. The van der Waals surface area contributed by atoms with Crippen molar-refractivity contribution in [1.29, 1.82) is 0 Å². The predicted molar refractivity (Wildman–Crippen MR) is 101 cm³/mol. The highest BCUT2D eigenvalue weighted by Gasteiger charge is 2.05. The zero-order valence-corrected chi connectivity index (χ0v) is 14.7. The zero-order chi connectivity index (χ0) is 18.4. The number of fused-ring (bicyclic) bond motifs is 1. The zero-order valence-electron chi connectivity index (χ0n) is 14.0. The molecule has 0 fully saturated rings. The summed E-state index contributed by atoms with van der Waals surface area (Å²) in [5.74, 6) is 0.309. The van der Waals surface area contributed by atoms with Crippen molar-refractivity contribution in [2.24, 2.45) is 0 Å². The van der Waals surface area contributed by atoms with Crippen LogP contribution in [-0.4, -0.2) is 22.0 Å². The van der Waals surface area contributed by atoms with Crippen LogP contribution in [-0.2, 0) is 16.1 Å². The SMILES string of the molecule is C=CCOc1ccc(/C=C/C(=O)OCc2cn3cc(Cl)ccc3n2)cc1. The van der Waals surface area contributed by atoms with E-state index in [4.69, 9.17) is 21.1 Å². The number of rotatable bonds is 7. The number of pyridine rings is 1. The van der Waals surface area contributed by atoms with E-state index in [1.165, 1.54) is 6.08 Å².